The molecule has 0 aliphatic rings. The summed E-state index contributed by atoms with van der Waals surface area (Å²) in [6.45, 7) is 0.0357. The molecule has 0 fully saturated rings. The molecule has 16 heteroatoms. The molecule has 0 saturated heterocycles. The van der Waals surface area contributed by atoms with E-state index in [0.717, 1.165) is 22.3 Å². The summed E-state index contributed by atoms with van der Waals surface area (Å²) in [5, 5.41) is 0. The summed E-state index contributed by atoms with van der Waals surface area (Å²) in [7, 11) is 0. The Morgan fingerprint density at radius 2 is 0.625 bits per heavy atom. The summed E-state index contributed by atoms with van der Waals surface area (Å²) >= 11 is 0. The highest BCUT2D eigenvalue weighted by molar-refractivity contribution is 5.92. The van der Waals surface area contributed by atoms with Gasteiger partial charge in [-0.2, -0.15) is 0 Å². The molecule has 4 aromatic rings. The summed E-state index contributed by atoms with van der Waals surface area (Å²) in [5.74, 6) is -3.64. The molecule has 64 heavy (non-hydrogen) atoms. The first-order valence-corrected chi connectivity index (χ1v) is 21.3. The lowest BCUT2D eigenvalue weighted by Gasteiger charge is -2.32. The van der Waals surface area contributed by atoms with Gasteiger partial charge in [-0.3, -0.25) is 33.6 Å². The van der Waals surface area contributed by atoms with E-state index in [2.05, 4.69) is 0 Å². The Morgan fingerprint density at radius 1 is 0.375 bits per heavy atom. The second-order valence-corrected chi connectivity index (χ2v) is 15.4. The molecule has 0 spiro atoms. The number of carbonyl (C=O) groups excluding carboxylic acids is 7. The molecule has 0 saturated carbocycles. The third-order valence-electron chi connectivity index (χ3n) is 10.3. The van der Waals surface area contributed by atoms with Crippen molar-refractivity contribution in [2.24, 2.45) is 17.2 Å². The van der Waals surface area contributed by atoms with Gasteiger partial charge in [-0.05, 0) is 48.2 Å². The molecular weight excluding hydrogens is 815 g/mol. The lowest BCUT2D eigenvalue weighted by atomic mass is 10.2. The number of nitrogens with two attached hydrogens (primary N) is 3. The molecule has 0 heterocycles. The molecule has 0 bridgehead atoms. The smallest absolute Gasteiger partial charge is 0.242 e. The van der Waals surface area contributed by atoms with Gasteiger partial charge in [-0.15, -0.1) is 0 Å². The maximum absolute atomic E-state index is 14.4. The summed E-state index contributed by atoms with van der Waals surface area (Å²) < 4.78 is 0. The van der Waals surface area contributed by atoms with Crippen LogP contribution in [-0.2, 0) is 59.7 Å². The van der Waals surface area contributed by atoms with Crippen LogP contribution < -0.4 is 17.2 Å². The predicted octanol–water partition coefficient (Wildman–Crippen LogP) is 1.96. The Hall–Kier alpha value is -6.91. The minimum absolute atomic E-state index is 0.0162. The monoisotopic (exact) mass is 875 g/mol. The first-order chi connectivity index (χ1) is 30.9. The normalized spacial score (nSPS) is 10.7. The van der Waals surface area contributed by atoms with Gasteiger partial charge in [0.2, 0.25) is 41.4 Å². The lowest BCUT2D eigenvalue weighted by molar-refractivity contribution is -0.148. The van der Waals surface area contributed by atoms with Crippen molar-refractivity contribution in [2.75, 3.05) is 65.4 Å². The Kier molecular flexibility index (Phi) is 20.6. The maximum atomic E-state index is 14.4. The van der Waals surface area contributed by atoms with Crippen LogP contribution in [-0.4, -0.2) is 136 Å². The van der Waals surface area contributed by atoms with Gasteiger partial charge in [0.05, 0.1) is 19.6 Å². The van der Waals surface area contributed by atoms with E-state index in [1.165, 1.54) is 36.3 Å². The molecule has 0 aliphatic carbocycles. The van der Waals surface area contributed by atoms with Crippen molar-refractivity contribution in [1.82, 2.24) is 29.4 Å². The van der Waals surface area contributed by atoms with E-state index < -0.39 is 61.6 Å². The largest absolute Gasteiger partial charge is 0.368 e. The van der Waals surface area contributed by atoms with Gasteiger partial charge in [0.1, 0.15) is 19.6 Å². The lowest BCUT2D eigenvalue weighted by Crippen LogP contribution is -2.51. The predicted molar refractivity (Wildman–Crippen MR) is 243 cm³/mol. The first-order valence-electron chi connectivity index (χ1n) is 21.3. The van der Waals surface area contributed by atoms with Crippen molar-refractivity contribution in [3.05, 3.63) is 144 Å². The van der Waals surface area contributed by atoms with Crippen molar-refractivity contribution in [3.8, 4) is 0 Å². The molecule has 4 aromatic carbocycles. The third-order valence-corrected chi connectivity index (χ3v) is 10.3. The summed E-state index contributed by atoms with van der Waals surface area (Å²) in [6, 6.07) is 36.4. The molecule has 16 nitrogen and oxygen atoms in total. The number of benzene rings is 4. The van der Waals surface area contributed by atoms with Crippen molar-refractivity contribution in [1.29, 1.82) is 0 Å². The van der Waals surface area contributed by atoms with Gasteiger partial charge in [-0.25, -0.2) is 0 Å². The van der Waals surface area contributed by atoms with Crippen LogP contribution in [0.4, 0.5) is 0 Å². The highest BCUT2D eigenvalue weighted by Crippen LogP contribution is 2.13. The van der Waals surface area contributed by atoms with E-state index in [-0.39, 0.29) is 71.4 Å². The van der Waals surface area contributed by atoms with Crippen LogP contribution in [0.5, 0.6) is 0 Å². The van der Waals surface area contributed by atoms with Gasteiger partial charge in [0, 0.05) is 46.2 Å². The zero-order valence-corrected chi connectivity index (χ0v) is 36.6. The second kappa shape index (κ2) is 26.5. The second-order valence-electron chi connectivity index (χ2n) is 15.4. The number of amides is 7. The van der Waals surface area contributed by atoms with E-state index in [9.17, 15) is 33.6 Å². The molecule has 6 N–H and O–H groups in total. The third kappa shape index (κ3) is 17.1. The molecule has 7 amide bonds. The molecule has 0 unspecified atom stereocenters. The van der Waals surface area contributed by atoms with Crippen LogP contribution in [0, 0.1) is 0 Å². The molecule has 0 atom stereocenters. The highest BCUT2D eigenvalue weighted by Gasteiger charge is 2.29. The number of primary amides is 1. The van der Waals surface area contributed by atoms with Crippen molar-refractivity contribution >= 4 is 41.4 Å². The number of hydrogen-bond acceptors (Lipinski definition) is 9. The minimum Gasteiger partial charge on any atom is -0.368 e. The van der Waals surface area contributed by atoms with Gasteiger partial charge in [0.25, 0.3) is 0 Å². The number of nitrogens with zero attached hydrogens (tertiary/aromatic N) is 6. The van der Waals surface area contributed by atoms with E-state index in [4.69, 9.17) is 17.2 Å². The van der Waals surface area contributed by atoms with E-state index in [1.54, 1.807) is 24.3 Å². The standard InChI is InChI=1S/C48H61N9O7/c1-38(58)54(28-39-16-6-2-7-17-39)35-44(60)52(26-14-24-49)33-46(62)56(30-41-20-10-4-11-21-41)36-45(61)53(27-15-25-50)34-47(63)57(31-42-22-12-5-13-23-42)37-48(64)55(32-43(51)59)29-40-18-8-3-9-19-40/h2-13,16-23H,14-15,24-37,49-50H2,1H3,(H2,51,59). The van der Waals surface area contributed by atoms with Crippen LogP contribution >= 0.6 is 0 Å². The van der Waals surface area contributed by atoms with E-state index in [1.807, 2.05) is 97.1 Å². The minimum atomic E-state index is -0.716. The molecule has 0 radical (unpaired) electrons. The Labute approximate surface area is 375 Å². The van der Waals surface area contributed by atoms with E-state index in [0.29, 0.717) is 12.8 Å². The Bertz CT molecular complexity index is 2110. The van der Waals surface area contributed by atoms with Crippen LogP contribution in [0.2, 0.25) is 0 Å². The quantitative estimate of drug-likeness (QED) is 0.0840. The first kappa shape index (κ1) is 49.7. The number of hydrogen-bond donors (Lipinski definition) is 3. The highest BCUT2D eigenvalue weighted by atomic mass is 16.2. The zero-order valence-electron chi connectivity index (χ0n) is 36.6. The molecule has 340 valence electrons. The van der Waals surface area contributed by atoms with E-state index >= 15 is 0 Å². The average Bonchev–Trinajstić information content (AvgIpc) is 3.29. The fourth-order valence-electron chi connectivity index (χ4n) is 6.84. The molecule has 0 aliphatic heterocycles. The summed E-state index contributed by atoms with van der Waals surface area (Å²) in [6.07, 6.45) is 0.725. The van der Waals surface area contributed by atoms with Crippen molar-refractivity contribution < 1.29 is 33.6 Å². The van der Waals surface area contributed by atoms with Crippen molar-refractivity contribution in [2.45, 2.75) is 45.9 Å². The van der Waals surface area contributed by atoms with Gasteiger partial charge in [0.15, 0.2) is 0 Å². The average molecular weight is 876 g/mol. The number of carbonyl (C=O) groups is 7. The zero-order chi connectivity index (χ0) is 46.3. The Morgan fingerprint density at radius 3 is 0.906 bits per heavy atom. The van der Waals surface area contributed by atoms with Crippen LogP contribution in [0.3, 0.4) is 0 Å². The molecular formula is C48H61N9O7. The van der Waals surface area contributed by atoms with Gasteiger partial charge in [-0.1, -0.05) is 121 Å². The van der Waals surface area contributed by atoms with Crippen LogP contribution in [0.25, 0.3) is 0 Å². The van der Waals surface area contributed by atoms with Gasteiger partial charge >= 0.3 is 0 Å². The molecule has 0 aromatic heterocycles. The SMILES string of the molecule is CC(=O)N(CC(=O)N(CCCN)CC(=O)N(CC(=O)N(CCCN)CC(=O)N(CC(=O)N(CC(N)=O)Cc1ccccc1)Cc1ccccc1)Cc1ccccc1)Cc1ccccc1. The number of rotatable bonds is 26. The Balaban J connectivity index is 1.57. The molecule has 4 rings (SSSR count). The topological polar surface area (TPSA) is 217 Å². The fourth-order valence-corrected chi connectivity index (χ4v) is 6.84. The summed E-state index contributed by atoms with van der Waals surface area (Å²) in [4.78, 5) is 103. The van der Waals surface area contributed by atoms with Crippen LogP contribution in [0.15, 0.2) is 121 Å². The van der Waals surface area contributed by atoms with Gasteiger partial charge < -0.3 is 46.6 Å². The fraction of sp³-hybridized carbons (Fsp3) is 0.354. The van der Waals surface area contributed by atoms with Crippen LogP contribution in [0.1, 0.15) is 42.0 Å². The maximum Gasteiger partial charge on any atom is 0.242 e. The summed E-state index contributed by atoms with van der Waals surface area (Å²) in [5.41, 5.74) is 20.3. The van der Waals surface area contributed by atoms with Crippen molar-refractivity contribution in [3.63, 3.8) is 0 Å².